The van der Waals surface area contributed by atoms with Gasteiger partial charge in [0.2, 0.25) is 5.88 Å². The molecule has 2 heterocycles. The zero-order chi connectivity index (χ0) is 19.5. The Kier molecular flexibility index (Phi) is 6.67. The van der Waals surface area contributed by atoms with E-state index in [1.165, 1.54) is 11.3 Å². The molecule has 0 saturated heterocycles. The highest BCUT2D eigenvalue weighted by molar-refractivity contribution is 7.95. The summed E-state index contributed by atoms with van der Waals surface area (Å²) in [7, 11) is -3.85. The van der Waals surface area contributed by atoms with Crippen LogP contribution in [0.1, 0.15) is 11.3 Å². The Morgan fingerprint density at radius 2 is 1.92 bits per heavy atom. The van der Waals surface area contributed by atoms with Gasteiger partial charge < -0.3 is 14.0 Å². The summed E-state index contributed by atoms with van der Waals surface area (Å²) in [4.78, 5) is 0. The van der Waals surface area contributed by atoms with Crippen LogP contribution in [0.2, 0.25) is 19.6 Å². The van der Waals surface area contributed by atoms with E-state index in [9.17, 15) is 8.42 Å². The van der Waals surface area contributed by atoms with Crippen molar-refractivity contribution in [3.8, 4) is 0 Å². The van der Waals surface area contributed by atoms with Gasteiger partial charge in [-0.15, -0.1) is 11.3 Å². The molecule has 26 heavy (non-hydrogen) atoms. The topological polar surface area (TPSA) is 81.9 Å². The fraction of sp³-hybridized carbons (Fsp3) is 0.562. The van der Waals surface area contributed by atoms with Gasteiger partial charge in [0, 0.05) is 12.7 Å². The average Bonchev–Trinajstić information content (AvgIpc) is 3.17. The van der Waals surface area contributed by atoms with Gasteiger partial charge in [-0.1, -0.05) is 30.9 Å². The molecule has 10 heteroatoms. The Balaban J connectivity index is 2.39. The van der Waals surface area contributed by atoms with Crippen molar-refractivity contribution in [2.45, 2.75) is 37.7 Å². The smallest absolute Gasteiger partial charge is 0.278 e. The number of hydrogen-bond acceptors (Lipinski definition) is 7. The molecule has 0 fully saturated rings. The number of rotatable bonds is 9. The van der Waals surface area contributed by atoms with Crippen molar-refractivity contribution < 1.29 is 22.4 Å². The third-order valence-corrected chi connectivity index (χ3v) is 10.7. The van der Waals surface area contributed by atoms with Crippen LogP contribution in [0.4, 0.5) is 5.88 Å². The molecule has 0 aliphatic rings. The van der Waals surface area contributed by atoms with Crippen molar-refractivity contribution in [2.75, 3.05) is 31.4 Å². The minimum absolute atomic E-state index is 0.165. The van der Waals surface area contributed by atoms with Crippen LogP contribution in [0.3, 0.4) is 0 Å². The Morgan fingerprint density at radius 1 is 1.23 bits per heavy atom. The van der Waals surface area contributed by atoms with Crippen LogP contribution in [-0.4, -0.2) is 48.7 Å². The number of nitrogens with zero attached hydrogens (tertiary/aromatic N) is 2. The van der Waals surface area contributed by atoms with Gasteiger partial charge in [-0.3, -0.25) is 0 Å². The minimum Gasteiger partial charge on any atom is -0.382 e. The predicted molar refractivity (Wildman–Crippen MR) is 106 cm³/mol. The zero-order valence-corrected chi connectivity index (χ0v) is 18.7. The molecule has 7 nitrogen and oxygen atoms in total. The van der Waals surface area contributed by atoms with Crippen LogP contribution in [0, 0.1) is 13.8 Å². The lowest BCUT2D eigenvalue weighted by atomic mass is 10.3. The van der Waals surface area contributed by atoms with Crippen LogP contribution in [0.5, 0.6) is 0 Å². The second kappa shape index (κ2) is 8.22. The third-order valence-electron chi connectivity index (χ3n) is 3.86. The number of aromatic nitrogens is 1. The van der Waals surface area contributed by atoms with E-state index in [4.69, 9.17) is 14.0 Å². The standard InChI is InChI=1S/C16H26N2O5S2Si/c1-12-13(2)17-23-16(12)18(11-22-10-9-21-3)25(19,20)14-7-8-15(24-14)26(4,5)6/h7-8H,9-11H2,1-6H3. The summed E-state index contributed by atoms with van der Waals surface area (Å²) < 4.78 is 44.8. The van der Waals surface area contributed by atoms with Crippen LogP contribution >= 0.6 is 11.3 Å². The van der Waals surface area contributed by atoms with Crippen molar-refractivity contribution in [2.24, 2.45) is 0 Å². The Hall–Kier alpha value is -1.20. The van der Waals surface area contributed by atoms with Crippen molar-refractivity contribution in [1.29, 1.82) is 0 Å². The summed E-state index contributed by atoms with van der Waals surface area (Å²) in [6.07, 6.45) is 0. The van der Waals surface area contributed by atoms with Crippen LogP contribution in [0.15, 0.2) is 20.9 Å². The van der Waals surface area contributed by atoms with Crippen LogP contribution < -0.4 is 8.81 Å². The number of aryl methyl sites for hydroxylation is 1. The van der Waals surface area contributed by atoms with Crippen molar-refractivity contribution in [1.82, 2.24) is 5.16 Å². The number of thiophene rings is 1. The SMILES string of the molecule is COCCOCN(c1onc(C)c1C)S(=O)(=O)c1ccc([Si](C)(C)C)s1. The molecule has 0 unspecified atom stereocenters. The number of hydrogen-bond donors (Lipinski definition) is 0. The lowest BCUT2D eigenvalue weighted by Crippen LogP contribution is -2.35. The summed E-state index contributed by atoms with van der Waals surface area (Å²) in [5.74, 6) is 0.183. The Bertz CT molecular complexity index is 839. The molecule has 0 amide bonds. The first-order chi connectivity index (χ1) is 12.1. The third kappa shape index (κ3) is 4.55. The predicted octanol–water partition coefficient (Wildman–Crippen LogP) is 2.71. The van der Waals surface area contributed by atoms with E-state index in [-0.39, 0.29) is 23.4 Å². The number of ether oxygens (including phenoxy) is 2. The van der Waals surface area contributed by atoms with Gasteiger partial charge in [-0.2, -0.15) is 0 Å². The fourth-order valence-electron chi connectivity index (χ4n) is 2.13. The van der Waals surface area contributed by atoms with E-state index in [0.29, 0.717) is 17.9 Å². The first kappa shape index (κ1) is 21.1. The number of anilines is 1. The molecule has 0 aliphatic heterocycles. The minimum atomic E-state index is -3.82. The average molecular weight is 419 g/mol. The molecule has 0 spiro atoms. The maximum atomic E-state index is 13.3. The highest BCUT2D eigenvalue weighted by Crippen LogP contribution is 2.30. The lowest BCUT2D eigenvalue weighted by molar-refractivity contribution is 0.0744. The Labute approximate surface area is 160 Å². The van der Waals surface area contributed by atoms with E-state index in [1.807, 2.05) is 6.07 Å². The van der Waals surface area contributed by atoms with Crippen LogP contribution in [0.25, 0.3) is 0 Å². The largest absolute Gasteiger partial charge is 0.382 e. The van der Waals surface area contributed by atoms with Gasteiger partial charge in [-0.25, -0.2) is 12.7 Å². The quantitative estimate of drug-likeness (QED) is 0.354. The molecular weight excluding hydrogens is 392 g/mol. The lowest BCUT2D eigenvalue weighted by Gasteiger charge is -2.21. The summed E-state index contributed by atoms with van der Waals surface area (Å²) in [6.45, 7) is 10.6. The second-order valence-corrected chi connectivity index (χ2v) is 15.5. The van der Waals surface area contributed by atoms with Gasteiger partial charge in [0.15, 0.2) is 0 Å². The van der Waals surface area contributed by atoms with Gasteiger partial charge in [0.1, 0.15) is 10.9 Å². The maximum absolute atomic E-state index is 13.3. The summed E-state index contributed by atoms with van der Waals surface area (Å²) in [5.41, 5.74) is 1.32. The molecule has 2 aromatic rings. The second-order valence-electron chi connectivity index (χ2n) is 6.95. The first-order valence-corrected chi connectivity index (χ1v) is 14.0. The molecular formula is C16H26N2O5S2Si. The first-order valence-electron chi connectivity index (χ1n) is 8.21. The summed E-state index contributed by atoms with van der Waals surface area (Å²) in [6, 6.07) is 3.57. The summed E-state index contributed by atoms with van der Waals surface area (Å²) >= 11 is 1.32. The molecule has 2 aromatic heterocycles. The molecule has 0 aliphatic carbocycles. The normalized spacial score (nSPS) is 12.5. The molecule has 0 atom stereocenters. The molecule has 0 bridgehead atoms. The van der Waals surface area contributed by atoms with E-state index < -0.39 is 18.1 Å². The van der Waals surface area contributed by atoms with Crippen molar-refractivity contribution in [3.63, 3.8) is 0 Å². The van der Waals surface area contributed by atoms with Crippen molar-refractivity contribution >= 4 is 39.8 Å². The van der Waals surface area contributed by atoms with Gasteiger partial charge in [0.25, 0.3) is 10.0 Å². The highest BCUT2D eigenvalue weighted by atomic mass is 32.2. The molecule has 2 rings (SSSR count). The van der Waals surface area contributed by atoms with E-state index in [0.717, 1.165) is 8.81 Å². The summed E-state index contributed by atoms with van der Waals surface area (Å²) in [5, 5.41) is 3.88. The number of sulfonamides is 1. The molecule has 0 N–H and O–H groups in total. The van der Waals surface area contributed by atoms with Gasteiger partial charge >= 0.3 is 0 Å². The molecule has 0 saturated carbocycles. The zero-order valence-electron chi connectivity index (χ0n) is 16.0. The monoisotopic (exact) mass is 418 g/mol. The number of methoxy groups -OCH3 is 1. The highest BCUT2D eigenvalue weighted by Gasteiger charge is 2.32. The van der Waals surface area contributed by atoms with E-state index in [2.05, 4.69) is 24.8 Å². The van der Waals surface area contributed by atoms with Crippen LogP contribution in [-0.2, 0) is 19.5 Å². The van der Waals surface area contributed by atoms with Gasteiger partial charge in [0.05, 0.1) is 27.0 Å². The van der Waals surface area contributed by atoms with E-state index >= 15 is 0 Å². The van der Waals surface area contributed by atoms with Crippen molar-refractivity contribution in [3.05, 3.63) is 23.4 Å². The molecule has 0 aromatic carbocycles. The fourth-order valence-corrected chi connectivity index (χ4v) is 7.00. The van der Waals surface area contributed by atoms with Gasteiger partial charge in [-0.05, 0) is 24.4 Å². The molecule has 0 radical (unpaired) electrons. The Morgan fingerprint density at radius 3 is 2.42 bits per heavy atom. The maximum Gasteiger partial charge on any atom is 0.278 e. The van der Waals surface area contributed by atoms with E-state index in [1.54, 1.807) is 27.0 Å². The molecule has 146 valence electrons.